The zero-order valence-corrected chi connectivity index (χ0v) is 11.0. The summed E-state index contributed by atoms with van der Waals surface area (Å²) in [7, 11) is 0. The third-order valence-corrected chi connectivity index (χ3v) is 3.08. The summed E-state index contributed by atoms with van der Waals surface area (Å²) in [6, 6.07) is 0.750. The molecule has 0 saturated carbocycles. The molecule has 5 heteroatoms. The van der Waals surface area contributed by atoms with E-state index in [2.05, 4.69) is 29.4 Å². The van der Waals surface area contributed by atoms with Crippen molar-refractivity contribution in [3.05, 3.63) is 0 Å². The molecule has 1 aliphatic heterocycles. The number of amides is 2. The molecule has 2 N–H and O–H groups in total. The molecule has 0 aromatic carbocycles. The van der Waals surface area contributed by atoms with Crippen molar-refractivity contribution in [1.29, 1.82) is 0 Å². The summed E-state index contributed by atoms with van der Waals surface area (Å²) in [6.07, 6.45) is 1.41. The summed E-state index contributed by atoms with van der Waals surface area (Å²) in [5.74, 6) is -0.183. The van der Waals surface area contributed by atoms with Crippen LogP contribution in [0.5, 0.6) is 0 Å². The second-order valence-corrected chi connectivity index (χ2v) is 4.77. The van der Waals surface area contributed by atoms with Gasteiger partial charge in [-0.3, -0.25) is 14.5 Å². The molecule has 5 nitrogen and oxygen atoms in total. The Balaban J connectivity index is 2.22. The predicted octanol–water partition coefficient (Wildman–Crippen LogP) is 0.112. The molecule has 0 aliphatic carbocycles. The van der Waals surface area contributed by atoms with Gasteiger partial charge >= 0.3 is 0 Å². The SMILES string of the molecule is CCC(=O)NCC(=O)NC1CCN(C(C)C)C1. The number of nitrogens with zero attached hydrogens (tertiary/aromatic N) is 1. The Morgan fingerprint density at radius 1 is 1.35 bits per heavy atom. The van der Waals surface area contributed by atoms with Gasteiger partial charge in [0.1, 0.15) is 0 Å². The predicted molar refractivity (Wildman–Crippen MR) is 66.6 cm³/mol. The molecule has 1 heterocycles. The molecule has 1 rings (SSSR count). The summed E-state index contributed by atoms with van der Waals surface area (Å²) < 4.78 is 0. The van der Waals surface area contributed by atoms with Crippen molar-refractivity contribution in [2.24, 2.45) is 0 Å². The molecule has 98 valence electrons. The van der Waals surface area contributed by atoms with Gasteiger partial charge in [-0.1, -0.05) is 6.92 Å². The van der Waals surface area contributed by atoms with Gasteiger partial charge in [-0.05, 0) is 20.3 Å². The zero-order valence-electron chi connectivity index (χ0n) is 11.0. The van der Waals surface area contributed by atoms with Gasteiger partial charge in [0, 0.05) is 31.6 Å². The van der Waals surface area contributed by atoms with Crippen molar-refractivity contribution < 1.29 is 9.59 Å². The summed E-state index contributed by atoms with van der Waals surface area (Å²) >= 11 is 0. The molecule has 0 spiro atoms. The van der Waals surface area contributed by atoms with Crippen LogP contribution < -0.4 is 10.6 Å². The normalized spacial score (nSPS) is 20.6. The Morgan fingerprint density at radius 3 is 2.59 bits per heavy atom. The number of rotatable bonds is 5. The lowest BCUT2D eigenvalue weighted by Crippen LogP contribution is -2.43. The molecule has 2 amide bonds. The minimum absolute atomic E-state index is 0.0876. The lowest BCUT2D eigenvalue weighted by atomic mass is 10.2. The van der Waals surface area contributed by atoms with Crippen LogP contribution in [0.3, 0.4) is 0 Å². The third-order valence-electron chi connectivity index (χ3n) is 3.08. The molecule has 0 radical (unpaired) electrons. The number of nitrogens with one attached hydrogen (secondary N) is 2. The quantitative estimate of drug-likeness (QED) is 0.718. The van der Waals surface area contributed by atoms with Crippen LogP contribution >= 0.6 is 0 Å². The van der Waals surface area contributed by atoms with E-state index in [1.165, 1.54) is 0 Å². The first kappa shape index (κ1) is 14.0. The number of carbonyl (C=O) groups excluding carboxylic acids is 2. The number of hydrogen-bond donors (Lipinski definition) is 2. The van der Waals surface area contributed by atoms with Crippen LogP contribution in [0.25, 0.3) is 0 Å². The monoisotopic (exact) mass is 241 g/mol. The first-order valence-electron chi connectivity index (χ1n) is 6.33. The van der Waals surface area contributed by atoms with E-state index in [0.29, 0.717) is 12.5 Å². The summed E-state index contributed by atoms with van der Waals surface area (Å²) in [5, 5.41) is 5.52. The van der Waals surface area contributed by atoms with E-state index in [0.717, 1.165) is 19.5 Å². The second kappa shape index (κ2) is 6.59. The van der Waals surface area contributed by atoms with E-state index in [1.807, 2.05) is 0 Å². The van der Waals surface area contributed by atoms with Gasteiger partial charge in [0.2, 0.25) is 11.8 Å². The van der Waals surface area contributed by atoms with Gasteiger partial charge in [-0.15, -0.1) is 0 Å². The van der Waals surface area contributed by atoms with Crippen molar-refractivity contribution in [2.45, 2.75) is 45.7 Å². The van der Waals surface area contributed by atoms with Gasteiger partial charge < -0.3 is 10.6 Å². The molecular formula is C12H23N3O2. The van der Waals surface area contributed by atoms with Crippen LogP contribution in [0, 0.1) is 0 Å². The molecule has 0 aromatic rings. The van der Waals surface area contributed by atoms with Crippen molar-refractivity contribution in [3.63, 3.8) is 0 Å². The smallest absolute Gasteiger partial charge is 0.239 e. The van der Waals surface area contributed by atoms with Gasteiger partial charge in [0.05, 0.1) is 6.54 Å². The maximum atomic E-state index is 11.6. The molecule has 1 unspecified atom stereocenters. The molecule has 0 aromatic heterocycles. The van der Waals surface area contributed by atoms with Crippen LogP contribution in [-0.2, 0) is 9.59 Å². The number of likely N-dealkylation sites (tertiary alicyclic amines) is 1. The minimum Gasteiger partial charge on any atom is -0.350 e. The van der Waals surface area contributed by atoms with Crippen molar-refractivity contribution in [3.8, 4) is 0 Å². The Morgan fingerprint density at radius 2 is 2.06 bits per heavy atom. The minimum atomic E-state index is -0.0950. The van der Waals surface area contributed by atoms with Crippen molar-refractivity contribution in [2.75, 3.05) is 19.6 Å². The van der Waals surface area contributed by atoms with E-state index < -0.39 is 0 Å². The summed E-state index contributed by atoms with van der Waals surface area (Å²) in [5.41, 5.74) is 0. The van der Waals surface area contributed by atoms with E-state index in [9.17, 15) is 9.59 Å². The second-order valence-electron chi connectivity index (χ2n) is 4.77. The van der Waals surface area contributed by atoms with Gasteiger partial charge in [0.25, 0.3) is 0 Å². The highest BCUT2D eigenvalue weighted by Gasteiger charge is 2.25. The number of carbonyl (C=O) groups is 2. The van der Waals surface area contributed by atoms with Gasteiger partial charge in [-0.25, -0.2) is 0 Å². The Labute approximate surface area is 103 Å². The fourth-order valence-electron chi connectivity index (χ4n) is 1.96. The van der Waals surface area contributed by atoms with Crippen LogP contribution in [0.1, 0.15) is 33.6 Å². The standard InChI is InChI=1S/C12H23N3O2/c1-4-11(16)13-7-12(17)14-10-5-6-15(8-10)9(2)3/h9-10H,4-8H2,1-3H3,(H,13,16)(H,14,17). The number of hydrogen-bond acceptors (Lipinski definition) is 3. The van der Waals surface area contributed by atoms with Crippen LogP contribution in [0.15, 0.2) is 0 Å². The van der Waals surface area contributed by atoms with Crippen LogP contribution in [0.4, 0.5) is 0 Å². The van der Waals surface area contributed by atoms with E-state index in [1.54, 1.807) is 6.92 Å². The Hall–Kier alpha value is -1.10. The molecule has 1 atom stereocenters. The highest BCUT2D eigenvalue weighted by atomic mass is 16.2. The molecule has 1 saturated heterocycles. The van der Waals surface area contributed by atoms with Crippen LogP contribution in [0.2, 0.25) is 0 Å². The lowest BCUT2D eigenvalue weighted by Gasteiger charge is -2.20. The largest absolute Gasteiger partial charge is 0.350 e. The third kappa shape index (κ3) is 4.73. The van der Waals surface area contributed by atoms with Crippen LogP contribution in [-0.4, -0.2) is 48.4 Å². The van der Waals surface area contributed by atoms with E-state index >= 15 is 0 Å². The van der Waals surface area contributed by atoms with Crippen molar-refractivity contribution in [1.82, 2.24) is 15.5 Å². The summed E-state index contributed by atoms with van der Waals surface area (Å²) in [4.78, 5) is 24.9. The highest BCUT2D eigenvalue weighted by Crippen LogP contribution is 2.11. The van der Waals surface area contributed by atoms with Gasteiger partial charge in [-0.2, -0.15) is 0 Å². The first-order chi connectivity index (χ1) is 8.02. The average Bonchev–Trinajstić information content (AvgIpc) is 2.74. The lowest BCUT2D eigenvalue weighted by molar-refractivity contribution is -0.126. The van der Waals surface area contributed by atoms with Crippen molar-refractivity contribution >= 4 is 11.8 Å². The Bertz CT molecular complexity index is 279. The molecule has 17 heavy (non-hydrogen) atoms. The van der Waals surface area contributed by atoms with Gasteiger partial charge in [0.15, 0.2) is 0 Å². The first-order valence-corrected chi connectivity index (χ1v) is 6.33. The van der Waals surface area contributed by atoms with E-state index in [4.69, 9.17) is 0 Å². The molecular weight excluding hydrogens is 218 g/mol. The topological polar surface area (TPSA) is 61.4 Å². The van der Waals surface area contributed by atoms with E-state index in [-0.39, 0.29) is 24.4 Å². The zero-order chi connectivity index (χ0) is 12.8. The molecule has 1 aliphatic rings. The fraction of sp³-hybridized carbons (Fsp3) is 0.833. The summed E-state index contributed by atoms with van der Waals surface area (Å²) in [6.45, 7) is 8.11. The Kier molecular flexibility index (Phi) is 5.41. The average molecular weight is 241 g/mol. The fourth-order valence-corrected chi connectivity index (χ4v) is 1.96. The molecule has 1 fully saturated rings. The maximum absolute atomic E-state index is 11.6. The highest BCUT2D eigenvalue weighted by molar-refractivity contribution is 5.84. The maximum Gasteiger partial charge on any atom is 0.239 e. The molecule has 0 bridgehead atoms.